The molecule has 3 nitrogen and oxygen atoms in total. The summed E-state index contributed by atoms with van der Waals surface area (Å²) in [6, 6.07) is 0. The minimum absolute atomic E-state index is 0.295. The number of carbonyl (C=O) groups is 2. The molecule has 0 aromatic heterocycles. The van der Waals surface area contributed by atoms with Crippen LogP contribution < -0.4 is 0 Å². The summed E-state index contributed by atoms with van der Waals surface area (Å²) in [5.41, 5.74) is 0. The molecule has 0 saturated heterocycles. The van der Waals surface area contributed by atoms with Gasteiger partial charge in [-0.25, -0.2) is 0 Å². The molecule has 0 bridgehead atoms. The molecule has 0 atom stereocenters. The van der Waals surface area contributed by atoms with Gasteiger partial charge in [-0.15, -0.1) is 0 Å². The van der Waals surface area contributed by atoms with Crippen LogP contribution in [0.5, 0.6) is 0 Å². The van der Waals surface area contributed by atoms with Crippen LogP contribution in [-0.2, 0) is 9.59 Å². The van der Waals surface area contributed by atoms with Gasteiger partial charge in [-0.05, 0) is 57.8 Å². The number of carboxylic acid groups (broad SMARTS) is 1. The Kier molecular flexibility index (Phi) is 29.6. The predicted octanol–water partition coefficient (Wildman–Crippen LogP) is 8.37. The molecule has 0 spiro atoms. The second kappa shape index (κ2) is 29.3. The number of carbonyl (C=O) groups excluding carboxylic acids is 1. The van der Waals surface area contributed by atoms with E-state index in [1.54, 1.807) is 0 Å². The van der Waals surface area contributed by atoms with Crippen molar-refractivity contribution >= 4 is 12.3 Å². The number of aliphatic carboxylic acids is 1. The maximum Gasteiger partial charge on any atom is 0.303 e. The zero-order valence-corrected chi connectivity index (χ0v) is 19.6. The van der Waals surface area contributed by atoms with E-state index in [2.05, 4.69) is 62.5 Å². The summed E-state index contributed by atoms with van der Waals surface area (Å²) in [7, 11) is 0. The molecule has 30 heavy (non-hydrogen) atoms. The van der Waals surface area contributed by atoms with E-state index in [4.69, 9.17) is 5.11 Å². The molecule has 0 amide bonds. The molecule has 1 N–H and O–H groups in total. The lowest BCUT2D eigenvalue weighted by molar-refractivity contribution is -0.137. The Labute approximate surface area is 186 Å². The Morgan fingerprint density at radius 3 is 1.87 bits per heavy atom. The van der Waals surface area contributed by atoms with Gasteiger partial charge in [0.1, 0.15) is 6.29 Å². The van der Waals surface area contributed by atoms with Crippen molar-refractivity contribution in [2.75, 3.05) is 0 Å². The highest BCUT2D eigenvalue weighted by atomic mass is 16.4. The standard InChI is InChI=1S/C15H26O.C12H20O2/c1-2-3-4-5-6-7-8-9-10-11-12-13-14-15-16;1-2-3-4-5-6-7-8-9-10-11-12(13)14/h4-7,15H,2-3,8-14H2,1H3;3-4,6-7H,2,5,8-11H2,1H3,(H,13,14)/b5-4-,7-6+;4-3-,7-6-. The van der Waals surface area contributed by atoms with E-state index in [0.29, 0.717) is 6.42 Å². The van der Waals surface area contributed by atoms with Gasteiger partial charge in [-0.2, -0.15) is 0 Å². The molecule has 0 aliphatic heterocycles. The fourth-order valence-corrected chi connectivity index (χ4v) is 2.63. The molecular formula is C27H46O3. The molecule has 0 aromatic carbocycles. The van der Waals surface area contributed by atoms with Gasteiger partial charge in [0.2, 0.25) is 0 Å². The smallest absolute Gasteiger partial charge is 0.303 e. The van der Waals surface area contributed by atoms with Gasteiger partial charge in [0.15, 0.2) is 0 Å². The molecule has 0 aliphatic rings. The highest BCUT2D eigenvalue weighted by molar-refractivity contribution is 5.66. The molecule has 0 saturated carbocycles. The Morgan fingerprint density at radius 1 is 0.667 bits per heavy atom. The third-order valence-corrected chi connectivity index (χ3v) is 4.38. The fourth-order valence-electron chi connectivity index (χ4n) is 2.63. The first-order valence-electron chi connectivity index (χ1n) is 12.0. The molecular weight excluding hydrogens is 372 g/mol. The monoisotopic (exact) mass is 418 g/mol. The lowest BCUT2D eigenvalue weighted by atomic mass is 10.1. The van der Waals surface area contributed by atoms with Crippen LogP contribution in [-0.4, -0.2) is 17.4 Å². The molecule has 0 fully saturated rings. The first-order valence-corrected chi connectivity index (χ1v) is 12.0. The third kappa shape index (κ3) is 33.7. The Hall–Kier alpha value is -1.90. The topological polar surface area (TPSA) is 54.4 Å². The average Bonchev–Trinajstić information content (AvgIpc) is 2.74. The van der Waals surface area contributed by atoms with Crippen LogP contribution in [0.1, 0.15) is 110 Å². The lowest BCUT2D eigenvalue weighted by Gasteiger charge is -1.96. The van der Waals surface area contributed by atoms with Crippen molar-refractivity contribution in [1.82, 2.24) is 0 Å². The molecule has 0 heterocycles. The van der Waals surface area contributed by atoms with E-state index in [9.17, 15) is 9.59 Å². The molecule has 0 aliphatic carbocycles. The molecule has 0 aromatic rings. The zero-order valence-electron chi connectivity index (χ0n) is 19.6. The Morgan fingerprint density at radius 2 is 1.23 bits per heavy atom. The van der Waals surface area contributed by atoms with Crippen LogP contribution in [0.2, 0.25) is 0 Å². The SMILES string of the molecule is CC/C=C\C/C=C\CCCCC(=O)O.CCC/C=C\C=C\CCCCCCCC=O. The zero-order chi connectivity index (χ0) is 22.5. The van der Waals surface area contributed by atoms with Gasteiger partial charge < -0.3 is 9.90 Å². The van der Waals surface area contributed by atoms with Gasteiger partial charge in [-0.3, -0.25) is 4.79 Å². The summed E-state index contributed by atoms with van der Waals surface area (Å²) >= 11 is 0. The second-order valence-corrected chi connectivity index (χ2v) is 7.38. The van der Waals surface area contributed by atoms with E-state index in [1.807, 2.05) is 0 Å². The normalized spacial score (nSPS) is 11.5. The van der Waals surface area contributed by atoms with Crippen molar-refractivity contribution in [3.63, 3.8) is 0 Å². The van der Waals surface area contributed by atoms with E-state index in [-0.39, 0.29) is 0 Å². The number of hydrogen-bond donors (Lipinski definition) is 1. The molecule has 0 radical (unpaired) electrons. The van der Waals surface area contributed by atoms with E-state index in [1.165, 1.54) is 44.9 Å². The van der Waals surface area contributed by atoms with Crippen LogP contribution >= 0.6 is 0 Å². The van der Waals surface area contributed by atoms with Gasteiger partial charge in [0.25, 0.3) is 0 Å². The molecule has 0 unspecified atom stereocenters. The van der Waals surface area contributed by atoms with Gasteiger partial charge >= 0.3 is 5.97 Å². The first kappa shape index (κ1) is 30.3. The van der Waals surface area contributed by atoms with Crippen molar-refractivity contribution in [2.24, 2.45) is 0 Å². The summed E-state index contributed by atoms with van der Waals surface area (Å²) in [6.07, 6.45) is 33.9. The quantitative estimate of drug-likeness (QED) is 0.0991. The van der Waals surface area contributed by atoms with Crippen molar-refractivity contribution in [2.45, 2.75) is 110 Å². The summed E-state index contributed by atoms with van der Waals surface area (Å²) in [6.45, 7) is 4.31. The third-order valence-electron chi connectivity index (χ3n) is 4.38. The minimum atomic E-state index is -0.695. The van der Waals surface area contributed by atoms with Crippen LogP contribution in [0, 0.1) is 0 Å². The first-order chi connectivity index (χ1) is 14.7. The number of unbranched alkanes of at least 4 members (excludes halogenated alkanes) is 9. The van der Waals surface area contributed by atoms with Crippen LogP contribution in [0.25, 0.3) is 0 Å². The van der Waals surface area contributed by atoms with E-state index in [0.717, 1.165) is 51.2 Å². The minimum Gasteiger partial charge on any atom is -0.481 e. The number of aldehydes is 1. The maximum absolute atomic E-state index is 10.2. The second-order valence-electron chi connectivity index (χ2n) is 7.38. The van der Waals surface area contributed by atoms with Crippen LogP contribution in [0.4, 0.5) is 0 Å². The molecule has 0 rings (SSSR count). The van der Waals surface area contributed by atoms with Gasteiger partial charge in [0.05, 0.1) is 0 Å². The van der Waals surface area contributed by atoms with Crippen LogP contribution in [0.15, 0.2) is 48.6 Å². The summed E-state index contributed by atoms with van der Waals surface area (Å²) in [5.74, 6) is -0.695. The summed E-state index contributed by atoms with van der Waals surface area (Å²) < 4.78 is 0. The van der Waals surface area contributed by atoms with Crippen molar-refractivity contribution in [3.05, 3.63) is 48.6 Å². The number of allylic oxidation sites excluding steroid dienone is 8. The largest absolute Gasteiger partial charge is 0.481 e. The summed E-state index contributed by atoms with van der Waals surface area (Å²) in [5, 5.41) is 8.39. The highest BCUT2D eigenvalue weighted by Gasteiger charge is 1.93. The Balaban J connectivity index is 0. The van der Waals surface area contributed by atoms with Gasteiger partial charge in [-0.1, -0.05) is 88.1 Å². The molecule has 172 valence electrons. The number of rotatable bonds is 19. The number of carboxylic acids is 1. The van der Waals surface area contributed by atoms with Gasteiger partial charge in [0, 0.05) is 12.8 Å². The average molecular weight is 419 g/mol. The Bertz CT molecular complexity index is 472. The maximum atomic E-state index is 10.2. The molecule has 3 heteroatoms. The summed E-state index contributed by atoms with van der Waals surface area (Å²) in [4.78, 5) is 20.3. The fraction of sp³-hybridized carbons (Fsp3) is 0.630. The van der Waals surface area contributed by atoms with Crippen molar-refractivity contribution < 1.29 is 14.7 Å². The number of hydrogen-bond acceptors (Lipinski definition) is 2. The van der Waals surface area contributed by atoms with E-state index >= 15 is 0 Å². The highest BCUT2D eigenvalue weighted by Crippen LogP contribution is 2.07. The van der Waals surface area contributed by atoms with Crippen LogP contribution in [0.3, 0.4) is 0 Å². The van der Waals surface area contributed by atoms with E-state index < -0.39 is 5.97 Å². The predicted molar refractivity (Wildman–Crippen MR) is 131 cm³/mol. The van der Waals surface area contributed by atoms with Crippen molar-refractivity contribution in [3.8, 4) is 0 Å². The van der Waals surface area contributed by atoms with Crippen molar-refractivity contribution in [1.29, 1.82) is 0 Å². The lowest BCUT2D eigenvalue weighted by Crippen LogP contribution is -1.92.